The van der Waals surface area contributed by atoms with Crippen molar-refractivity contribution < 1.29 is 24.2 Å². The Morgan fingerprint density at radius 1 is 1.56 bits per heavy atom. The molecular formula is C18H27NO5S. The van der Waals surface area contributed by atoms with E-state index in [0.29, 0.717) is 12.2 Å². The average Bonchev–Trinajstić information content (AvgIpc) is 2.93. The molecule has 140 valence electrons. The number of nitrogens with one attached hydrogen (secondary N) is 1. The van der Waals surface area contributed by atoms with Crippen LogP contribution in [0.2, 0.25) is 0 Å². The maximum atomic E-state index is 12.0. The minimum Gasteiger partial charge on any atom is -0.459 e. The predicted octanol–water partition coefficient (Wildman–Crippen LogP) is 2.91. The summed E-state index contributed by atoms with van der Waals surface area (Å²) >= 11 is 1.12. The SMILES string of the molecule is C=CCCCC1C[C@@H](OC(=O)C=C(C)C)C[C@](O)([C@@H]2CSC(=O)N2)O1. The van der Waals surface area contributed by atoms with E-state index in [-0.39, 0.29) is 17.8 Å². The van der Waals surface area contributed by atoms with E-state index in [1.807, 2.05) is 19.9 Å². The monoisotopic (exact) mass is 369 g/mol. The molecule has 2 N–H and O–H groups in total. The smallest absolute Gasteiger partial charge is 0.330 e. The molecule has 2 saturated heterocycles. The van der Waals surface area contributed by atoms with Crippen molar-refractivity contribution in [2.75, 3.05) is 5.75 Å². The van der Waals surface area contributed by atoms with Crippen LogP contribution in [0.25, 0.3) is 0 Å². The molecule has 2 aliphatic heterocycles. The zero-order valence-corrected chi connectivity index (χ0v) is 15.6. The zero-order valence-electron chi connectivity index (χ0n) is 14.8. The fraction of sp³-hybridized carbons (Fsp3) is 0.667. The summed E-state index contributed by atoms with van der Waals surface area (Å²) in [5.41, 5.74) is 0.856. The third-order valence-corrected chi connectivity index (χ3v) is 5.14. The van der Waals surface area contributed by atoms with Gasteiger partial charge >= 0.3 is 5.97 Å². The van der Waals surface area contributed by atoms with Gasteiger partial charge in [0.05, 0.1) is 12.1 Å². The third kappa shape index (κ3) is 5.87. The Bertz CT molecular complexity index is 546. The van der Waals surface area contributed by atoms with Crippen molar-refractivity contribution in [2.24, 2.45) is 0 Å². The van der Waals surface area contributed by atoms with Crippen LogP contribution in [0.3, 0.4) is 0 Å². The molecule has 7 heteroatoms. The predicted molar refractivity (Wildman–Crippen MR) is 97.2 cm³/mol. The summed E-state index contributed by atoms with van der Waals surface area (Å²) in [6.45, 7) is 7.36. The molecule has 0 bridgehead atoms. The summed E-state index contributed by atoms with van der Waals surface area (Å²) in [4.78, 5) is 23.5. The van der Waals surface area contributed by atoms with Gasteiger partial charge in [-0.3, -0.25) is 4.79 Å². The molecule has 0 saturated carbocycles. The van der Waals surface area contributed by atoms with Crippen LogP contribution in [0.15, 0.2) is 24.3 Å². The fourth-order valence-electron chi connectivity index (χ4n) is 3.13. The molecule has 2 fully saturated rings. The topological polar surface area (TPSA) is 84.9 Å². The number of aliphatic hydroxyl groups is 1. The number of amides is 1. The number of carbonyl (C=O) groups excluding carboxylic acids is 2. The highest BCUT2D eigenvalue weighted by Gasteiger charge is 2.49. The average molecular weight is 369 g/mol. The van der Waals surface area contributed by atoms with Crippen molar-refractivity contribution in [1.82, 2.24) is 5.32 Å². The van der Waals surface area contributed by atoms with Crippen LogP contribution in [0, 0.1) is 0 Å². The van der Waals surface area contributed by atoms with Gasteiger partial charge in [0.2, 0.25) is 0 Å². The van der Waals surface area contributed by atoms with Gasteiger partial charge in [0.1, 0.15) is 6.10 Å². The number of esters is 1. The second-order valence-electron chi connectivity index (χ2n) is 6.82. The maximum absolute atomic E-state index is 12.0. The van der Waals surface area contributed by atoms with Crippen LogP contribution in [0.4, 0.5) is 4.79 Å². The standard InChI is InChI=1S/C18H27NO5S/c1-4-5-6-7-13-9-14(23-16(20)8-12(2)3)10-18(22,24-13)15-11-25-17(21)19-15/h4,8,13-15,22H,1,5-7,9-11H2,2-3H3,(H,19,21)/t13?,14-,15+,18-/m1/s1. The molecule has 25 heavy (non-hydrogen) atoms. The van der Waals surface area contributed by atoms with Crippen molar-refractivity contribution in [3.8, 4) is 0 Å². The number of thioether (sulfide) groups is 1. The lowest BCUT2D eigenvalue weighted by Gasteiger charge is -2.43. The van der Waals surface area contributed by atoms with Crippen molar-refractivity contribution in [3.05, 3.63) is 24.3 Å². The van der Waals surface area contributed by atoms with Gasteiger partial charge in [-0.15, -0.1) is 6.58 Å². The number of allylic oxidation sites excluding steroid dienone is 2. The van der Waals surface area contributed by atoms with E-state index >= 15 is 0 Å². The molecule has 2 rings (SSSR count). The van der Waals surface area contributed by atoms with Gasteiger partial charge in [0.25, 0.3) is 5.24 Å². The minimum absolute atomic E-state index is 0.152. The summed E-state index contributed by atoms with van der Waals surface area (Å²) < 4.78 is 11.5. The second-order valence-corrected chi connectivity index (χ2v) is 7.81. The van der Waals surface area contributed by atoms with Crippen LogP contribution < -0.4 is 5.32 Å². The Balaban J connectivity index is 2.07. The van der Waals surface area contributed by atoms with Crippen LogP contribution in [0.1, 0.15) is 46.0 Å². The van der Waals surface area contributed by atoms with E-state index in [9.17, 15) is 14.7 Å². The highest BCUT2D eigenvalue weighted by atomic mass is 32.2. The van der Waals surface area contributed by atoms with Gasteiger partial charge in [-0.1, -0.05) is 23.4 Å². The molecule has 0 aromatic carbocycles. The van der Waals surface area contributed by atoms with Crippen LogP contribution in [0.5, 0.6) is 0 Å². The molecule has 1 unspecified atom stereocenters. The first kappa shape index (κ1) is 20.0. The highest BCUT2D eigenvalue weighted by Crippen LogP contribution is 2.36. The van der Waals surface area contributed by atoms with Gasteiger partial charge in [-0.05, 0) is 33.1 Å². The number of ether oxygens (including phenoxy) is 2. The molecule has 4 atom stereocenters. The summed E-state index contributed by atoms with van der Waals surface area (Å²) in [5.74, 6) is -1.50. The third-order valence-electron chi connectivity index (χ3n) is 4.26. The van der Waals surface area contributed by atoms with Crippen molar-refractivity contribution in [1.29, 1.82) is 0 Å². The van der Waals surface area contributed by atoms with Crippen LogP contribution in [-0.2, 0) is 14.3 Å². The number of rotatable bonds is 7. The Labute approximate surface area is 153 Å². The van der Waals surface area contributed by atoms with E-state index in [0.717, 1.165) is 36.6 Å². The first-order valence-electron chi connectivity index (χ1n) is 8.62. The largest absolute Gasteiger partial charge is 0.459 e. The Hall–Kier alpha value is -1.31. The lowest BCUT2D eigenvalue weighted by atomic mass is 9.91. The molecule has 0 aliphatic carbocycles. The van der Waals surface area contributed by atoms with Crippen molar-refractivity contribution >= 4 is 23.0 Å². The summed E-state index contributed by atoms with van der Waals surface area (Å²) in [6.07, 6.45) is 5.77. The van der Waals surface area contributed by atoms with Crippen molar-refractivity contribution in [2.45, 2.75) is 70.0 Å². The number of hydrogen-bond acceptors (Lipinski definition) is 6. The molecular weight excluding hydrogens is 342 g/mol. The lowest BCUT2D eigenvalue weighted by molar-refractivity contribution is -0.283. The van der Waals surface area contributed by atoms with Crippen LogP contribution >= 0.6 is 11.8 Å². The number of unbranched alkanes of at least 4 members (excludes halogenated alkanes) is 1. The Kier molecular flexibility index (Phi) is 7.10. The zero-order chi connectivity index (χ0) is 18.4. The van der Waals surface area contributed by atoms with Gasteiger partial charge in [0, 0.05) is 24.7 Å². The van der Waals surface area contributed by atoms with E-state index in [1.165, 1.54) is 6.08 Å². The van der Waals surface area contributed by atoms with Gasteiger partial charge in [-0.25, -0.2) is 4.79 Å². The second kappa shape index (κ2) is 8.87. The quantitative estimate of drug-likeness (QED) is 0.311. The van der Waals surface area contributed by atoms with E-state index in [1.54, 1.807) is 0 Å². The minimum atomic E-state index is -1.52. The first-order valence-corrected chi connectivity index (χ1v) is 9.61. The maximum Gasteiger partial charge on any atom is 0.330 e. The Morgan fingerprint density at radius 3 is 2.92 bits per heavy atom. The number of carbonyl (C=O) groups is 2. The molecule has 6 nitrogen and oxygen atoms in total. The molecule has 0 aromatic heterocycles. The summed E-state index contributed by atoms with van der Waals surface area (Å²) in [6, 6.07) is -0.503. The lowest BCUT2D eigenvalue weighted by Crippen LogP contribution is -2.58. The normalized spacial score (nSPS) is 32.0. The molecule has 2 heterocycles. The molecule has 1 amide bonds. The number of hydrogen-bond donors (Lipinski definition) is 2. The van der Waals surface area contributed by atoms with Gasteiger partial charge in [-0.2, -0.15) is 0 Å². The highest BCUT2D eigenvalue weighted by molar-refractivity contribution is 8.14. The summed E-state index contributed by atoms with van der Waals surface area (Å²) in [5, 5.41) is 13.6. The summed E-state index contributed by atoms with van der Waals surface area (Å²) in [7, 11) is 0. The molecule has 0 aromatic rings. The Morgan fingerprint density at radius 2 is 2.32 bits per heavy atom. The molecule has 0 radical (unpaired) electrons. The van der Waals surface area contributed by atoms with Gasteiger partial charge in [0.15, 0.2) is 5.79 Å². The van der Waals surface area contributed by atoms with Gasteiger partial charge < -0.3 is 19.9 Å². The van der Waals surface area contributed by atoms with E-state index in [2.05, 4.69) is 11.9 Å². The van der Waals surface area contributed by atoms with E-state index < -0.39 is 23.9 Å². The molecule has 2 aliphatic rings. The van der Waals surface area contributed by atoms with Crippen molar-refractivity contribution in [3.63, 3.8) is 0 Å². The van der Waals surface area contributed by atoms with Crippen LogP contribution in [-0.4, -0.2) is 46.1 Å². The fourth-order valence-corrected chi connectivity index (χ4v) is 4.02. The van der Waals surface area contributed by atoms with E-state index in [4.69, 9.17) is 9.47 Å². The first-order chi connectivity index (χ1) is 11.8. The molecule has 0 spiro atoms.